The highest BCUT2D eigenvalue weighted by molar-refractivity contribution is 5.37. The van der Waals surface area contributed by atoms with Crippen LogP contribution in [0.5, 0.6) is 0 Å². The molecule has 94 valence electrons. The van der Waals surface area contributed by atoms with E-state index in [-0.39, 0.29) is 17.7 Å². The SMILES string of the molecule is Cc1nc(NC2(CO)CCCCC2)cc(=O)[nH]1. The highest BCUT2D eigenvalue weighted by Gasteiger charge is 2.31. The van der Waals surface area contributed by atoms with Crippen LogP contribution in [0.25, 0.3) is 0 Å². The van der Waals surface area contributed by atoms with Crippen LogP contribution in [-0.4, -0.2) is 27.2 Å². The maximum atomic E-state index is 11.3. The first-order valence-electron chi connectivity index (χ1n) is 6.11. The Balaban J connectivity index is 2.20. The minimum absolute atomic E-state index is 0.0839. The van der Waals surface area contributed by atoms with E-state index in [9.17, 15) is 9.90 Å². The lowest BCUT2D eigenvalue weighted by molar-refractivity contribution is 0.172. The van der Waals surface area contributed by atoms with E-state index in [1.807, 2.05) is 0 Å². The van der Waals surface area contributed by atoms with Crippen LogP contribution >= 0.6 is 0 Å². The second-order valence-electron chi connectivity index (χ2n) is 4.84. The molecular formula is C12H19N3O2. The molecule has 3 N–H and O–H groups in total. The van der Waals surface area contributed by atoms with E-state index < -0.39 is 0 Å². The van der Waals surface area contributed by atoms with Crippen molar-refractivity contribution in [2.45, 2.75) is 44.6 Å². The smallest absolute Gasteiger partial charge is 0.252 e. The third-order valence-electron chi connectivity index (χ3n) is 3.37. The molecular weight excluding hydrogens is 218 g/mol. The van der Waals surface area contributed by atoms with Gasteiger partial charge in [-0.3, -0.25) is 4.79 Å². The minimum atomic E-state index is -0.300. The molecule has 5 nitrogen and oxygen atoms in total. The van der Waals surface area contributed by atoms with Crippen LogP contribution in [0.3, 0.4) is 0 Å². The summed E-state index contributed by atoms with van der Waals surface area (Å²) >= 11 is 0. The molecule has 0 aliphatic heterocycles. The van der Waals surface area contributed by atoms with Gasteiger partial charge in [-0.15, -0.1) is 0 Å². The number of aliphatic hydroxyl groups excluding tert-OH is 1. The Morgan fingerprint density at radius 3 is 2.76 bits per heavy atom. The van der Waals surface area contributed by atoms with Crippen LogP contribution in [0, 0.1) is 6.92 Å². The summed E-state index contributed by atoms with van der Waals surface area (Å²) in [4.78, 5) is 18.2. The number of rotatable bonds is 3. The zero-order valence-corrected chi connectivity index (χ0v) is 10.1. The van der Waals surface area contributed by atoms with Gasteiger partial charge in [0.05, 0.1) is 12.1 Å². The number of aromatic nitrogens is 2. The van der Waals surface area contributed by atoms with E-state index in [1.165, 1.54) is 12.5 Å². The van der Waals surface area contributed by atoms with Crippen molar-refractivity contribution in [1.29, 1.82) is 0 Å². The number of hydrogen-bond acceptors (Lipinski definition) is 4. The predicted molar refractivity (Wildman–Crippen MR) is 66.1 cm³/mol. The van der Waals surface area contributed by atoms with Crippen LogP contribution in [0.2, 0.25) is 0 Å². The van der Waals surface area contributed by atoms with Crippen molar-refractivity contribution >= 4 is 5.82 Å². The molecule has 1 saturated carbocycles. The van der Waals surface area contributed by atoms with E-state index >= 15 is 0 Å². The molecule has 1 heterocycles. The van der Waals surface area contributed by atoms with Gasteiger partial charge in [0, 0.05) is 6.07 Å². The highest BCUT2D eigenvalue weighted by Crippen LogP contribution is 2.30. The fourth-order valence-corrected chi connectivity index (χ4v) is 2.47. The van der Waals surface area contributed by atoms with Crippen LogP contribution in [-0.2, 0) is 0 Å². The van der Waals surface area contributed by atoms with Gasteiger partial charge in [-0.1, -0.05) is 19.3 Å². The Labute approximate surface area is 100 Å². The van der Waals surface area contributed by atoms with E-state index in [0.717, 1.165) is 25.7 Å². The lowest BCUT2D eigenvalue weighted by Crippen LogP contribution is -2.44. The zero-order chi connectivity index (χ0) is 12.3. The number of aromatic amines is 1. The van der Waals surface area contributed by atoms with Gasteiger partial charge in [-0.25, -0.2) is 4.98 Å². The summed E-state index contributed by atoms with van der Waals surface area (Å²) in [5.74, 6) is 1.14. The summed E-state index contributed by atoms with van der Waals surface area (Å²) in [6.07, 6.45) is 5.28. The summed E-state index contributed by atoms with van der Waals surface area (Å²) in [6, 6.07) is 1.44. The Kier molecular flexibility index (Phi) is 3.47. The molecule has 2 rings (SSSR count). The molecule has 0 amide bonds. The number of aryl methyl sites for hydroxylation is 1. The van der Waals surface area contributed by atoms with E-state index in [1.54, 1.807) is 6.92 Å². The summed E-state index contributed by atoms with van der Waals surface area (Å²) < 4.78 is 0. The molecule has 1 aliphatic carbocycles. The fraction of sp³-hybridized carbons (Fsp3) is 0.667. The lowest BCUT2D eigenvalue weighted by atomic mass is 9.82. The molecule has 0 aromatic carbocycles. The topological polar surface area (TPSA) is 78.0 Å². The first-order chi connectivity index (χ1) is 8.13. The van der Waals surface area contributed by atoms with E-state index in [2.05, 4.69) is 15.3 Å². The monoisotopic (exact) mass is 237 g/mol. The Morgan fingerprint density at radius 1 is 1.47 bits per heavy atom. The van der Waals surface area contributed by atoms with Gasteiger partial charge in [0.1, 0.15) is 11.6 Å². The second kappa shape index (κ2) is 4.87. The number of anilines is 1. The average Bonchev–Trinajstić information content (AvgIpc) is 2.29. The first-order valence-corrected chi connectivity index (χ1v) is 6.11. The standard InChI is InChI=1S/C12H19N3O2/c1-9-13-10(7-11(17)14-9)15-12(8-16)5-3-2-4-6-12/h7,16H,2-6,8H2,1H3,(H2,13,14,15,17). The minimum Gasteiger partial charge on any atom is -0.394 e. The molecule has 1 aromatic heterocycles. The molecule has 5 heteroatoms. The largest absolute Gasteiger partial charge is 0.394 e. The van der Waals surface area contributed by atoms with Gasteiger partial charge < -0.3 is 15.4 Å². The van der Waals surface area contributed by atoms with Gasteiger partial charge in [0.15, 0.2) is 0 Å². The third-order valence-corrected chi connectivity index (χ3v) is 3.37. The van der Waals surface area contributed by atoms with Crippen molar-refractivity contribution in [1.82, 2.24) is 9.97 Å². The van der Waals surface area contributed by atoms with Crippen molar-refractivity contribution in [3.63, 3.8) is 0 Å². The first kappa shape index (κ1) is 12.1. The molecule has 0 saturated heterocycles. The maximum absolute atomic E-state index is 11.3. The summed E-state index contributed by atoms with van der Waals surface area (Å²) in [5, 5.41) is 12.8. The van der Waals surface area contributed by atoms with E-state index in [0.29, 0.717) is 11.6 Å². The van der Waals surface area contributed by atoms with Crippen LogP contribution in [0.15, 0.2) is 10.9 Å². The summed E-state index contributed by atoms with van der Waals surface area (Å²) in [7, 11) is 0. The van der Waals surface area contributed by atoms with Crippen LogP contribution < -0.4 is 10.9 Å². The fourth-order valence-electron chi connectivity index (χ4n) is 2.47. The highest BCUT2D eigenvalue weighted by atomic mass is 16.3. The molecule has 17 heavy (non-hydrogen) atoms. The van der Waals surface area contributed by atoms with Crippen molar-refractivity contribution in [2.75, 3.05) is 11.9 Å². The van der Waals surface area contributed by atoms with E-state index in [4.69, 9.17) is 0 Å². The van der Waals surface area contributed by atoms with Crippen molar-refractivity contribution in [2.24, 2.45) is 0 Å². The Hall–Kier alpha value is -1.36. The third kappa shape index (κ3) is 2.85. The maximum Gasteiger partial charge on any atom is 0.252 e. The molecule has 1 aromatic rings. The molecule has 1 fully saturated rings. The zero-order valence-electron chi connectivity index (χ0n) is 10.1. The van der Waals surface area contributed by atoms with Gasteiger partial charge in [0.25, 0.3) is 5.56 Å². The van der Waals surface area contributed by atoms with Crippen LogP contribution in [0.1, 0.15) is 37.9 Å². The van der Waals surface area contributed by atoms with Crippen molar-refractivity contribution in [3.8, 4) is 0 Å². The molecule has 0 radical (unpaired) electrons. The summed E-state index contributed by atoms with van der Waals surface area (Å²) in [5.41, 5.74) is -0.463. The Morgan fingerprint density at radius 2 is 2.18 bits per heavy atom. The predicted octanol–water partition coefficient (Wildman–Crippen LogP) is 1.19. The quantitative estimate of drug-likeness (QED) is 0.737. The van der Waals surface area contributed by atoms with Crippen LogP contribution in [0.4, 0.5) is 5.82 Å². The van der Waals surface area contributed by atoms with Gasteiger partial charge >= 0.3 is 0 Å². The second-order valence-corrected chi connectivity index (χ2v) is 4.84. The molecule has 1 aliphatic rings. The molecule has 0 spiro atoms. The number of nitrogens with one attached hydrogen (secondary N) is 2. The van der Waals surface area contributed by atoms with Crippen molar-refractivity contribution in [3.05, 3.63) is 22.2 Å². The van der Waals surface area contributed by atoms with Gasteiger partial charge in [-0.05, 0) is 19.8 Å². The van der Waals surface area contributed by atoms with Crippen molar-refractivity contribution < 1.29 is 5.11 Å². The number of H-pyrrole nitrogens is 1. The average molecular weight is 237 g/mol. The number of hydrogen-bond donors (Lipinski definition) is 3. The molecule has 0 unspecified atom stereocenters. The van der Waals surface area contributed by atoms with Gasteiger partial charge in [0.2, 0.25) is 0 Å². The molecule has 0 bridgehead atoms. The normalized spacial score (nSPS) is 18.9. The Bertz CT molecular complexity index is 436. The number of aliphatic hydroxyl groups is 1. The summed E-state index contributed by atoms with van der Waals surface area (Å²) in [6.45, 7) is 1.83. The number of nitrogens with zero attached hydrogens (tertiary/aromatic N) is 1. The molecule has 0 atom stereocenters. The lowest BCUT2D eigenvalue weighted by Gasteiger charge is -2.36. The van der Waals surface area contributed by atoms with Gasteiger partial charge in [-0.2, -0.15) is 0 Å².